The molecule has 1 aliphatic heterocycles. The number of hydrogen-bond acceptors (Lipinski definition) is 7. The van der Waals surface area contributed by atoms with E-state index in [-0.39, 0.29) is 5.97 Å². The van der Waals surface area contributed by atoms with Crippen molar-refractivity contribution >= 4 is 46.3 Å². The van der Waals surface area contributed by atoms with Crippen molar-refractivity contribution in [2.75, 3.05) is 32.1 Å². The van der Waals surface area contributed by atoms with Crippen molar-refractivity contribution in [2.24, 2.45) is 0 Å². The number of piperidine rings is 1. The number of thiocarbonyl (C=S) groups is 1. The summed E-state index contributed by atoms with van der Waals surface area (Å²) in [5, 5.41) is 6.46. The van der Waals surface area contributed by atoms with Crippen molar-refractivity contribution < 1.29 is 19.1 Å². The maximum atomic E-state index is 11.9. The Labute approximate surface area is 179 Å². The summed E-state index contributed by atoms with van der Waals surface area (Å²) in [4.78, 5) is 30.3. The number of nitrogens with one attached hydrogen (secondary N) is 1. The van der Waals surface area contributed by atoms with Crippen molar-refractivity contribution in [2.45, 2.75) is 25.7 Å². The van der Waals surface area contributed by atoms with Crippen LogP contribution in [0, 0.1) is 0 Å². The summed E-state index contributed by atoms with van der Waals surface area (Å²) in [6.07, 6.45) is 1.77. The van der Waals surface area contributed by atoms with Crippen molar-refractivity contribution in [3.8, 4) is 0 Å². The smallest absolute Gasteiger partial charge is 0.357 e. The van der Waals surface area contributed by atoms with E-state index in [0.717, 1.165) is 30.9 Å². The van der Waals surface area contributed by atoms with Crippen molar-refractivity contribution in [3.63, 3.8) is 0 Å². The first-order valence-corrected chi connectivity index (χ1v) is 10.7. The van der Waals surface area contributed by atoms with Crippen molar-refractivity contribution in [3.05, 3.63) is 45.9 Å². The second kappa shape index (κ2) is 9.80. The second-order valence-electron chi connectivity index (χ2n) is 6.52. The molecule has 2 heterocycles. The monoisotopic (exact) mass is 433 g/mol. The Morgan fingerprint density at radius 2 is 2.00 bits per heavy atom. The van der Waals surface area contributed by atoms with E-state index in [9.17, 15) is 9.59 Å². The molecule has 0 bridgehead atoms. The molecule has 154 valence electrons. The molecular weight excluding hydrogens is 410 g/mol. The van der Waals surface area contributed by atoms with E-state index in [0.29, 0.717) is 34.6 Å². The molecular formula is C20H23N3O4S2. The number of ether oxygens (including phenoxy) is 2. The fraction of sp³-hybridized carbons (Fsp3) is 0.400. The van der Waals surface area contributed by atoms with E-state index in [1.807, 2.05) is 6.07 Å². The van der Waals surface area contributed by atoms with Gasteiger partial charge >= 0.3 is 11.9 Å². The normalized spacial score (nSPS) is 14.3. The Kier molecular flexibility index (Phi) is 7.16. The standard InChI is InChI=1S/C20H23N3O4S2/c1-3-27-19(25)16-12-29-17(21-16)13-8-10-23(11-9-13)20(28)22-15-7-5-4-6-14(15)18(24)26-2/h4-7,12-13H,3,8-11H2,1-2H3,(H,22,28). The quantitative estimate of drug-likeness (QED) is 0.565. The maximum Gasteiger partial charge on any atom is 0.357 e. The SMILES string of the molecule is CCOC(=O)c1csc(C2CCN(C(=S)Nc3ccccc3C(=O)OC)CC2)n1. The molecule has 0 aliphatic carbocycles. The van der Waals surface area contributed by atoms with Gasteiger partial charge in [-0.15, -0.1) is 11.3 Å². The number of benzene rings is 1. The lowest BCUT2D eigenvalue weighted by Gasteiger charge is -2.33. The molecule has 0 saturated carbocycles. The summed E-state index contributed by atoms with van der Waals surface area (Å²) in [6, 6.07) is 7.13. The van der Waals surface area contributed by atoms with Gasteiger partial charge < -0.3 is 19.7 Å². The van der Waals surface area contributed by atoms with Gasteiger partial charge in [0.25, 0.3) is 0 Å². The number of aromatic nitrogens is 1. The predicted molar refractivity (Wildman–Crippen MR) is 116 cm³/mol. The molecule has 1 N–H and O–H groups in total. The zero-order valence-corrected chi connectivity index (χ0v) is 18.0. The van der Waals surface area contributed by atoms with Gasteiger partial charge in [-0.05, 0) is 44.1 Å². The topological polar surface area (TPSA) is 80.8 Å². The second-order valence-corrected chi connectivity index (χ2v) is 7.80. The summed E-state index contributed by atoms with van der Waals surface area (Å²) in [5.74, 6) is -0.484. The number of carbonyl (C=O) groups is 2. The molecule has 29 heavy (non-hydrogen) atoms. The molecule has 0 amide bonds. The molecule has 0 spiro atoms. The van der Waals surface area contributed by atoms with Gasteiger partial charge in [0, 0.05) is 24.4 Å². The molecule has 1 aromatic heterocycles. The number of thiazole rings is 1. The molecule has 1 saturated heterocycles. The fourth-order valence-electron chi connectivity index (χ4n) is 3.18. The number of carbonyl (C=O) groups excluding carboxylic acids is 2. The van der Waals surface area contributed by atoms with Gasteiger partial charge in [-0.2, -0.15) is 0 Å². The summed E-state index contributed by atoms with van der Waals surface area (Å²) in [6.45, 7) is 3.66. The minimum absolute atomic E-state index is 0.296. The molecule has 2 aromatic rings. The minimum atomic E-state index is -0.407. The highest BCUT2D eigenvalue weighted by Crippen LogP contribution is 2.31. The zero-order chi connectivity index (χ0) is 20.8. The Morgan fingerprint density at radius 1 is 1.28 bits per heavy atom. The minimum Gasteiger partial charge on any atom is -0.465 e. The Balaban J connectivity index is 1.58. The first-order valence-electron chi connectivity index (χ1n) is 9.39. The molecule has 0 atom stereocenters. The fourth-order valence-corrected chi connectivity index (χ4v) is 4.43. The zero-order valence-electron chi connectivity index (χ0n) is 16.3. The number of hydrogen-bond donors (Lipinski definition) is 1. The lowest BCUT2D eigenvalue weighted by Crippen LogP contribution is -2.40. The largest absolute Gasteiger partial charge is 0.465 e. The van der Waals surface area contributed by atoms with E-state index in [2.05, 4.69) is 15.2 Å². The van der Waals surface area contributed by atoms with Gasteiger partial charge in [-0.25, -0.2) is 14.6 Å². The van der Waals surface area contributed by atoms with Crippen LogP contribution in [0.2, 0.25) is 0 Å². The van der Waals surface area contributed by atoms with E-state index in [4.69, 9.17) is 21.7 Å². The van der Waals surface area contributed by atoms with Crippen molar-refractivity contribution in [1.82, 2.24) is 9.88 Å². The van der Waals surface area contributed by atoms with Gasteiger partial charge in [-0.3, -0.25) is 0 Å². The number of rotatable bonds is 5. The third-order valence-electron chi connectivity index (χ3n) is 4.71. The summed E-state index contributed by atoms with van der Waals surface area (Å²) in [5.41, 5.74) is 1.46. The number of nitrogens with zero attached hydrogens (tertiary/aromatic N) is 2. The maximum absolute atomic E-state index is 11.9. The molecule has 1 aliphatic rings. The van der Waals surface area contributed by atoms with Gasteiger partial charge in [0.2, 0.25) is 0 Å². The molecule has 9 heteroatoms. The van der Waals surface area contributed by atoms with Crippen LogP contribution in [0.1, 0.15) is 51.5 Å². The van der Waals surface area contributed by atoms with E-state index >= 15 is 0 Å². The number of likely N-dealkylation sites (tertiary alicyclic amines) is 1. The average Bonchev–Trinajstić information content (AvgIpc) is 3.24. The lowest BCUT2D eigenvalue weighted by atomic mass is 9.98. The number of esters is 2. The number of anilines is 1. The van der Waals surface area contributed by atoms with E-state index < -0.39 is 5.97 Å². The van der Waals surface area contributed by atoms with Crippen LogP contribution in [-0.2, 0) is 9.47 Å². The lowest BCUT2D eigenvalue weighted by molar-refractivity contribution is 0.0519. The van der Waals surface area contributed by atoms with Gasteiger partial charge in [0.05, 0.1) is 30.0 Å². The molecule has 1 aromatic carbocycles. The van der Waals surface area contributed by atoms with Crippen LogP contribution < -0.4 is 5.32 Å². The van der Waals surface area contributed by atoms with Crippen LogP contribution >= 0.6 is 23.6 Å². The van der Waals surface area contributed by atoms with E-state index in [1.54, 1.807) is 30.5 Å². The van der Waals surface area contributed by atoms with Gasteiger partial charge in [0.1, 0.15) is 0 Å². The van der Waals surface area contributed by atoms with Crippen LogP contribution in [0.25, 0.3) is 0 Å². The molecule has 0 radical (unpaired) electrons. The number of methoxy groups -OCH3 is 1. The van der Waals surface area contributed by atoms with Crippen LogP contribution in [-0.4, -0.2) is 53.7 Å². The highest BCUT2D eigenvalue weighted by atomic mass is 32.1. The molecule has 0 unspecified atom stereocenters. The Morgan fingerprint density at radius 3 is 2.69 bits per heavy atom. The third-order valence-corrected chi connectivity index (χ3v) is 6.08. The van der Waals surface area contributed by atoms with Crippen LogP contribution in [0.4, 0.5) is 5.69 Å². The summed E-state index contributed by atoms with van der Waals surface area (Å²) in [7, 11) is 1.36. The summed E-state index contributed by atoms with van der Waals surface area (Å²) < 4.78 is 9.83. The number of para-hydroxylation sites is 1. The Bertz CT molecular complexity index is 891. The highest BCUT2D eigenvalue weighted by Gasteiger charge is 2.26. The Hall–Kier alpha value is -2.52. The van der Waals surface area contributed by atoms with Crippen LogP contribution in [0.5, 0.6) is 0 Å². The van der Waals surface area contributed by atoms with Crippen LogP contribution in [0.15, 0.2) is 29.6 Å². The van der Waals surface area contributed by atoms with Crippen LogP contribution in [0.3, 0.4) is 0 Å². The molecule has 1 fully saturated rings. The summed E-state index contributed by atoms with van der Waals surface area (Å²) >= 11 is 7.05. The van der Waals surface area contributed by atoms with Crippen molar-refractivity contribution in [1.29, 1.82) is 0 Å². The predicted octanol–water partition coefficient (Wildman–Crippen LogP) is 3.68. The third kappa shape index (κ3) is 5.10. The molecule has 7 nitrogen and oxygen atoms in total. The van der Waals surface area contributed by atoms with Gasteiger partial charge in [0.15, 0.2) is 10.8 Å². The molecule has 3 rings (SSSR count). The van der Waals surface area contributed by atoms with E-state index in [1.165, 1.54) is 18.4 Å². The average molecular weight is 434 g/mol. The first-order chi connectivity index (χ1) is 14.0. The first kappa shape index (κ1) is 21.2. The highest BCUT2D eigenvalue weighted by molar-refractivity contribution is 7.80. The van der Waals surface area contributed by atoms with Gasteiger partial charge in [-0.1, -0.05) is 12.1 Å².